The van der Waals surface area contributed by atoms with E-state index in [1.807, 2.05) is 18.7 Å². The second-order valence-electron chi connectivity index (χ2n) is 7.83. The summed E-state index contributed by atoms with van der Waals surface area (Å²) in [6.07, 6.45) is 4.47. The number of hydrogen-bond donors (Lipinski definition) is 0. The lowest BCUT2D eigenvalue weighted by Gasteiger charge is -2.32. The SMILES string of the molecule is CC(C)OCC(=O)N1CCC(c2nnc(CN(C)C)n2C2CC2)CC1. The minimum atomic E-state index is 0.0914. The van der Waals surface area contributed by atoms with Gasteiger partial charge < -0.3 is 19.1 Å². The summed E-state index contributed by atoms with van der Waals surface area (Å²) in [6, 6.07) is 0.582. The number of nitrogens with zero attached hydrogens (tertiary/aromatic N) is 5. The first kappa shape index (κ1) is 18.3. The molecule has 2 heterocycles. The van der Waals surface area contributed by atoms with E-state index in [1.165, 1.54) is 12.8 Å². The Morgan fingerprint density at radius 3 is 2.44 bits per heavy atom. The molecule has 1 saturated carbocycles. The van der Waals surface area contributed by atoms with Gasteiger partial charge in [-0.05, 0) is 53.6 Å². The van der Waals surface area contributed by atoms with Gasteiger partial charge in [-0.15, -0.1) is 10.2 Å². The van der Waals surface area contributed by atoms with Crippen LogP contribution in [0.1, 0.15) is 63.1 Å². The van der Waals surface area contributed by atoms with Crippen molar-refractivity contribution < 1.29 is 9.53 Å². The Balaban J connectivity index is 1.61. The summed E-state index contributed by atoms with van der Waals surface area (Å²) in [5.41, 5.74) is 0. The van der Waals surface area contributed by atoms with Gasteiger partial charge in [0.15, 0.2) is 0 Å². The zero-order chi connectivity index (χ0) is 18.0. The third kappa shape index (κ3) is 4.58. The summed E-state index contributed by atoms with van der Waals surface area (Å²) in [5.74, 6) is 2.71. The van der Waals surface area contributed by atoms with Crippen LogP contribution in [0.5, 0.6) is 0 Å². The molecule has 1 saturated heterocycles. The van der Waals surface area contributed by atoms with Crippen molar-refractivity contribution in [1.29, 1.82) is 0 Å². The molecule has 140 valence electrons. The topological polar surface area (TPSA) is 63.5 Å². The van der Waals surface area contributed by atoms with E-state index in [0.29, 0.717) is 12.0 Å². The van der Waals surface area contributed by atoms with Gasteiger partial charge >= 0.3 is 0 Å². The lowest BCUT2D eigenvalue weighted by molar-refractivity contribution is -0.138. The van der Waals surface area contributed by atoms with Gasteiger partial charge in [0.05, 0.1) is 12.6 Å². The molecule has 0 aromatic carbocycles. The van der Waals surface area contributed by atoms with Gasteiger partial charge in [0, 0.05) is 25.0 Å². The van der Waals surface area contributed by atoms with Crippen LogP contribution in [-0.4, -0.2) is 70.4 Å². The average Bonchev–Trinajstić information content (AvgIpc) is 3.33. The predicted molar refractivity (Wildman–Crippen MR) is 95.3 cm³/mol. The first-order valence-electron chi connectivity index (χ1n) is 9.43. The van der Waals surface area contributed by atoms with E-state index in [0.717, 1.165) is 44.1 Å². The first-order chi connectivity index (χ1) is 12.0. The van der Waals surface area contributed by atoms with Crippen LogP contribution in [0.15, 0.2) is 0 Å². The zero-order valence-electron chi connectivity index (χ0n) is 15.9. The standard InChI is InChI=1S/C18H31N5O2/c1-13(2)25-12-17(24)22-9-7-14(8-10-22)18-20-19-16(11-21(3)4)23(18)15-5-6-15/h13-15H,5-12H2,1-4H3. The maximum Gasteiger partial charge on any atom is 0.248 e. The van der Waals surface area contributed by atoms with Crippen LogP contribution in [0.3, 0.4) is 0 Å². The number of carbonyl (C=O) groups excluding carboxylic acids is 1. The van der Waals surface area contributed by atoms with Gasteiger partial charge in [0.25, 0.3) is 0 Å². The Morgan fingerprint density at radius 2 is 1.88 bits per heavy atom. The number of amides is 1. The highest BCUT2D eigenvalue weighted by molar-refractivity contribution is 5.77. The first-order valence-corrected chi connectivity index (χ1v) is 9.43. The zero-order valence-corrected chi connectivity index (χ0v) is 15.9. The Hall–Kier alpha value is -1.47. The summed E-state index contributed by atoms with van der Waals surface area (Å²) < 4.78 is 7.82. The molecule has 7 heteroatoms. The third-order valence-electron chi connectivity index (χ3n) is 4.92. The van der Waals surface area contributed by atoms with E-state index < -0.39 is 0 Å². The summed E-state index contributed by atoms with van der Waals surface area (Å²) in [7, 11) is 4.13. The minimum absolute atomic E-state index is 0.0914. The van der Waals surface area contributed by atoms with Crippen LogP contribution in [0.2, 0.25) is 0 Å². The van der Waals surface area contributed by atoms with Crippen LogP contribution in [-0.2, 0) is 16.1 Å². The molecule has 0 unspecified atom stereocenters. The van der Waals surface area contributed by atoms with Crippen molar-refractivity contribution >= 4 is 5.91 Å². The molecule has 1 aliphatic carbocycles. The molecule has 2 aliphatic rings. The van der Waals surface area contributed by atoms with Gasteiger partial charge in [0.2, 0.25) is 5.91 Å². The molecule has 0 bridgehead atoms. The molecule has 3 rings (SSSR count). The summed E-state index contributed by atoms with van der Waals surface area (Å²) in [4.78, 5) is 16.3. The number of carbonyl (C=O) groups is 1. The summed E-state index contributed by atoms with van der Waals surface area (Å²) in [6.45, 7) is 6.49. The van der Waals surface area contributed by atoms with E-state index in [1.54, 1.807) is 0 Å². The fourth-order valence-electron chi connectivity index (χ4n) is 3.45. The van der Waals surface area contributed by atoms with E-state index >= 15 is 0 Å². The van der Waals surface area contributed by atoms with Gasteiger partial charge in [-0.2, -0.15) is 0 Å². The fourth-order valence-corrected chi connectivity index (χ4v) is 3.45. The van der Waals surface area contributed by atoms with Crippen LogP contribution in [0.25, 0.3) is 0 Å². The Labute approximate surface area is 150 Å². The van der Waals surface area contributed by atoms with Crippen LogP contribution in [0, 0.1) is 0 Å². The van der Waals surface area contributed by atoms with E-state index in [-0.39, 0.29) is 18.6 Å². The van der Waals surface area contributed by atoms with Crippen molar-refractivity contribution in [3.63, 3.8) is 0 Å². The molecule has 0 radical (unpaired) electrons. The Kier molecular flexibility index (Phi) is 5.74. The average molecular weight is 349 g/mol. The van der Waals surface area contributed by atoms with Crippen LogP contribution < -0.4 is 0 Å². The van der Waals surface area contributed by atoms with Gasteiger partial charge in [-0.1, -0.05) is 0 Å². The van der Waals surface area contributed by atoms with Gasteiger partial charge in [0.1, 0.15) is 18.3 Å². The Bertz CT molecular complexity index is 586. The van der Waals surface area contributed by atoms with Crippen molar-refractivity contribution in [3.05, 3.63) is 11.6 Å². The maximum absolute atomic E-state index is 12.2. The number of aromatic nitrogens is 3. The third-order valence-corrected chi connectivity index (χ3v) is 4.92. The molecule has 0 N–H and O–H groups in total. The second kappa shape index (κ2) is 7.83. The largest absolute Gasteiger partial charge is 0.369 e. The molecule has 0 spiro atoms. The molecule has 2 fully saturated rings. The molecular weight excluding hydrogens is 318 g/mol. The fraction of sp³-hybridized carbons (Fsp3) is 0.833. The molecule has 25 heavy (non-hydrogen) atoms. The van der Waals surface area contributed by atoms with E-state index in [9.17, 15) is 4.79 Å². The molecule has 1 aromatic heterocycles. The van der Waals surface area contributed by atoms with E-state index in [4.69, 9.17) is 4.74 Å². The minimum Gasteiger partial charge on any atom is -0.369 e. The molecule has 1 aromatic rings. The monoisotopic (exact) mass is 349 g/mol. The maximum atomic E-state index is 12.2. The number of likely N-dealkylation sites (tertiary alicyclic amines) is 1. The molecule has 1 aliphatic heterocycles. The van der Waals surface area contributed by atoms with Crippen molar-refractivity contribution in [2.75, 3.05) is 33.8 Å². The number of ether oxygens (including phenoxy) is 1. The smallest absolute Gasteiger partial charge is 0.248 e. The highest BCUT2D eigenvalue weighted by Crippen LogP contribution is 2.39. The Morgan fingerprint density at radius 1 is 1.20 bits per heavy atom. The van der Waals surface area contributed by atoms with Crippen LogP contribution in [0.4, 0.5) is 0 Å². The van der Waals surface area contributed by atoms with Gasteiger partial charge in [-0.25, -0.2) is 0 Å². The van der Waals surface area contributed by atoms with Crippen molar-refractivity contribution in [3.8, 4) is 0 Å². The normalized spacial score (nSPS) is 19.2. The number of rotatable bonds is 7. The number of hydrogen-bond acceptors (Lipinski definition) is 5. The predicted octanol–water partition coefficient (Wildman–Crippen LogP) is 1.81. The van der Waals surface area contributed by atoms with Gasteiger partial charge in [-0.3, -0.25) is 4.79 Å². The molecular formula is C18H31N5O2. The van der Waals surface area contributed by atoms with Crippen molar-refractivity contribution in [1.82, 2.24) is 24.6 Å². The van der Waals surface area contributed by atoms with E-state index in [2.05, 4.69) is 33.8 Å². The molecule has 7 nitrogen and oxygen atoms in total. The number of piperidine rings is 1. The highest BCUT2D eigenvalue weighted by atomic mass is 16.5. The lowest BCUT2D eigenvalue weighted by atomic mass is 9.95. The van der Waals surface area contributed by atoms with Crippen molar-refractivity contribution in [2.45, 2.75) is 64.1 Å². The lowest BCUT2D eigenvalue weighted by Crippen LogP contribution is -2.40. The molecule has 0 atom stereocenters. The van der Waals surface area contributed by atoms with Crippen LogP contribution >= 0.6 is 0 Å². The second-order valence-corrected chi connectivity index (χ2v) is 7.83. The highest BCUT2D eigenvalue weighted by Gasteiger charge is 2.34. The summed E-state index contributed by atoms with van der Waals surface area (Å²) >= 11 is 0. The molecule has 1 amide bonds. The van der Waals surface area contributed by atoms with Crippen molar-refractivity contribution in [2.24, 2.45) is 0 Å². The quantitative estimate of drug-likeness (QED) is 0.751. The summed E-state index contributed by atoms with van der Waals surface area (Å²) in [5, 5.41) is 9.01.